The summed E-state index contributed by atoms with van der Waals surface area (Å²) in [7, 11) is -5.00. The maximum Gasteiger partial charge on any atom is 0.362 e. The number of anilines is 1. The summed E-state index contributed by atoms with van der Waals surface area (Å²) in [6.07, 6.45) is 1.72. The van der Waals surface area contributed by atoms with Crippen LogP contribution in [0.5, 0.6) is 0 Å². The molecule has 2 aromatic rings. The van der Waals surface area contributed by atoms with Gasteiger partial charge in [0.1, 0.15) is 23.5 Å². The van der Waals surface area contributed by atoms with Gasteiger partial charge in [-0.1, -0.05) is 11.7 Å². The molecular weight excluding hydrogens is 586 g/mol. The maximum absolute atomic E-state index is 13.2. The fraction of sp³-hybridized carbons (Fsp3) is 0.450. The second kappa shape index (κ2) is 11.6. The van der Waals surface area contributed by atoms with Gasteiger partial charge in [0.05, 0.1) is 25.1 Å². The molecular formula is C20H27N11O8S2. The molecule has 3 heterocycles. The van der Waals surface area contributed by atoms with Gasteiger partial charge in [-0.25, -0.2) is 14.1 Å². The Labute approximate surface area is 236 Å². The van der Waals surface area contributed by atoms with Gasteiger partial charge in [0, 0.05) is 31.3 Å². The van der Waals surface area contributed by atoms with Crippen LogP contribution in [0.25, 0.3) is 0 Å². The summed E-state index contributed by atoms with van der Waals surface area (Å²) in [5, 5.41) is 31.0. The first-order valence-corrected chi connectivity index (χ1v) is 14.2. The lowest BCUT2D eigenvalue weighted by Crippen LogP contribution is -2.73. The van der Waals surface area contributed by atoms with E-state index in [2.05, 4.69) is 42.9 Å². The van der Waals surface area contributed by atoms with Gasteiger partial charge in [0.25, 0.3) is 11.8 Å². The van der Waals surface area contributed by atoms with Gasteiger partial charge in [0.2, 0.25) is 5.60 Å². The molecule has 4 rings (SSSR count). The summed E-state index contributed by atoms with van der Waals surface area (Å²) < 4.78 is 33.6. The van der Waals surface area contributed by atoms with Gasteiger partial charge in [-0.15, -0.1) is 11.3 Å². The highest BCUT2D eigenvalue weighted by Gasteiger charge is 2.56. The molecule has 0 radical (unpaired) electrons. The summed E-state index contributed by atoms with van der Waals surface area (Å²) in [6.45, 7) is 4.55. The first kappa shape index (κ1) is 29.6. The summed E-state index contributed by atoms with van der Waals surface area (Å²) in [5.74, 6) is -2.94. The molecule has 0 aromatic carbocycles. The molecule has 1 saturated carbocycles. The van der Waals surface area contributed by atoms with Crippen LogP contribution in [0.2, 0.25) is 0 Å². The van der Waals surface area contributed by atoms with Crippen molar-refractivity contribution in [2.24, 2.45) is 10.9 Å². The van der Waals surface area contributed by atoms with E-state index in [9.17, 15) is 32.5 Å². The highest BCUT2D eigenvalue weighted by molar-refractivity contribution is 7.84. The van der Waals surface area contributed by atoms with Crippen molar-refractivity contribution >= 4 is 50.3 Å². The van der Waals surface area contributed by atoms with Gasteiger partial charge in [-0.2, -0.15) is 23.4 Å². The number of aliphatic carboxylic acids is 1. The number of nitrogen functional groups attached to an aromatic ring is 1. The van der Waals surface area contributed by atoms with Crippen LogP contribution in [0, 0.1) is 0 Å². The van der Waals surface area contributed by atoms with Gasteiger partial charge >= 0.3 is 16.3 Å². The van der Waals surface area contributed by atoms with E-state index in [0.29, 0.717) is 24.6 Å². The number of nitrogens with two attached hydrogens (primary N) is 2. The Hall–Kier alpha value is -4.34. The number of amides is 2. The number of carbonyl (C=O) groups is 3. The van der Waals surface area contributed by atoms with Crippen LogP contribution in [0.15, 0.2) is 29.1 Å². The molecule has 222 valence electrons. The number of β-lactam (4-membered cyclic amide) rings is 1. The van der Waals surface area contributed by atoms with E-state index in [1.54, 1.807) is 0 Å². The van der Waals surface area contributed by atoms with Crippen molar-refractivity contribution in [3.8, 4) is 0 Å². The standard InChI is InChI=1S/C20H27N11O8S2/c1-10(23-5-4-21)24-6-11-7-25-30(28-11)8-13-15(17(33)31(13)41(36,37)38)27-16(32)14(12-9-40-19(22)26-12)29-39-20(2-3-20)18(34)35/h7,9,13,15,23-24H,1-6,8,21H2,(H2,22,26)(H,27,32)(H,34,35)(H,36,37,38)/b29-14-. The van der Waals surface area contributed by atoms with Gasteiger partial charge in [-0.3, -0.25) is 14.1 Å². The number of hydrogen-bond acceptors (Lipinski definition) is 15. The smallest absolute Gasteiger partial charge is 0.362 e. The van der Waals surface area contributed by atoms with Crippen molar-refractivity contribution in [1.82, 2.24) is 40.2 Å². The van der Waals surface area contributed by atoms with Crippen molar-refractivity contribution in [3.05, 3.63) is 35.4 Å². The number of nitrogens with zero attached hydrogens (tertiary/aromatic N) is 6. The van der Waals surface area contributed by atoms with Gasteiger partial charge < -0.3 is 37.4 Å². The molecule has 2 atom stereocenters. The van der Waals surface area contributed by atoms with Crippen molar-refractivity contribution in [2.45, 2.75) is 43.6 Å². The van der Waals surface area contributed by atoms with Crippen LogP contribution in [0.1, 0.15) is 24.2 Å². The van der Waals surface area contributed by atoms with Crippen LogP contribution in [0.3, 0.4) is 0 Å². The molecule has 0 spiro atoms. The molecule has 19 nitrogen and oxygen atoms in total. The predicted octanol–water partition coefficient (Wildman–Crippen LogP) is -3.04. The monoisotopic (exact) mass is 613 g/mol. The second-order valence-electron chi connectivity index (χ2n) is 8.97. The first-order valence-electron chi connectivity index (χ1n) is 11.9. The van der Waals surface area contributed by atoms with E-state index in [4.69, 9.17) is 16.3 Å². The van der Waals surface area contributed by atoms with Crippen LogP contribution >= 0.6 is 11.3 Å². The van der Waals surface area contributed by atoms with E-state index in [1.807, 2.05) is 0 Å². The number of thiazole rings is 1. The zero-order valence-corrected chi connectivity index (χ0v) is 22.9. The molecule has 2 amide bonds. The summed E-state index contributed by atoms with van der Waals surface area (Å²) >= 11 is 0.969. The molecule has 2 unspecified atom stereocenters. The lowest BCUT2D eigenvalue weighted by molar-refractivity contribution is -0.153. The average Bonchev–Trinajstić information content (AvgIpc) is 3.37. The third-order valence-electron chi connectivity index (χ3n) is 5.99. The lowest BCUT2D eigenvalue weighted by Gasteiger charge is -2.43. The fourth-order valence-electron chi connectivity index (χ4n) is 3.69. The Balaban J connectivity index is 1.50. The number of carboxylic acid groups (broad SMARTS) is 1. The number of hydrogen-bond donors (Lipinski definition) is 7. The summed E-state index contributed by atoms with van der Waals surface area (Å²) in [4.78, 5) is 47.5. The normalized spacial score (nSPS) is 19.7. The van der Waals surface area contributed by atoms with E-state index in [-0.39, 0.29) is 41.1 Å². The third kappa shape index (κ3) is 6.70. The van der Waals surface area contributed by atoms with Crippen LogP contribution in [-0.4, -0.2) is 96.6 Å². The SMILES string of the molecule is C=C(NCCN)NCc1cnn(CC2C(NC(=O)/C(=N\OC3(C(=O)O)CC3)c3csc(N)n3)C(=O)N2S(=O)(=O)O)n1. The molecule has 41 heavy (non-hydrogen) atoms. The maximum atomic E-state index is 13.2. The number of carbonyl (C=O) groups excluding carboxylic acids is 2. The van der Waals surface area contributed by atoms with Crippen molar-refractivity contribution in [1.29, 1.82) is 0 Å². The number of carboxylic acids is 1. The van der Waals surface area contributed by atoms with Crippen LogP contribution in [-0.2, 0) is 42.6 Å². The van der Waals surface area contributed by atoms with Crippen molar-refractivity contribution < 1.29 is 37.3 Å². The largest absolute Gasteiger partial charge is 0.478 e. The summed E-state index contributed by atoms with van der Waals surface area (Å²) in [5.41, 5.74) is 9.37. The lowest BCUT2D eigenvalue weighted by atomic mass is 9.98. The van der Waals surface area contributed by atoms with E-state index in [0.717, 1.165) is 16.1 Å². The van der Waals surface area contributed by atoms with Gasteiger partial charge in [-0.05, 0) is 0 Å². The zero-order chi connectivity index (χ0) is 29.9. The molecule has 0 bridgehead atoms. The van der Waals surface area contributed by atoms with E-state index >= 15 is 0 Å². The molecule has 2 aromatic heterocycles. The Morgan fingerprint density at radius 3 is 2.66 bits per heavy atom. The highest BCUT2D eigenvalue weighted by atomic mass is 32.2. The Kier molecular flexibility index (Phi) is 8.42. The number of aromatic nitrogens is 4. The number of rotatable bonds is 15. The predicted molar refractivity (Wildman–Crippen MR) is 141 cm³/mol. The second-order valence-corrected chi connectivity index (χ2v) is 11.1. The van der Waals surface area contributed by atoms with Gasteiger partial charge in [0.15, 0.2) is 10.8 Å². The zero-order valence-electron chi connectivity index (χ0n) is 21.3. The Bertz CT molecular complexity index is 1480. The molecule has 1 aliphatic heterocycles. The van der Waals surface area contributed by atoms with Crippen LogP contribution in [0.4, 0.5) is 5.13 Å². The minimum atomic E-state index is -5.00. The fourth-order valence-corrected chi connectivity index (χ4v) is 5.11. The number of oxime groups is 1. The van der Waals surface area contributed by atoms with Crippen molar-refractivity contribution in [3.63, 3.8) is 0 Å². The molecule has 1 aliphatic carbocycles. The van der Waals surface area contributed by atoms with Crippen LogP contribution < -0.4 is 27.4 Å². The van der Waals surface area contributed by atoms with Crippen molar-refractivity contribution in [2.75, 3.05) is 18.8 Å². The Morgan fingerprint density at radius 2 is 2.07 bits per heavy atom. The summed E-state index contributed by atoms with van der Waals surface area (Å²) in [6, 6.07) is -2.79. The molecule has 2 fully saturated rings. The third-order valence-corrected chi connectivity index (χ3v) is 7.61. The highest BCUT2D eigenvalue weighted by Crippen LogP contribution is 2.40. The molecule has 2 aliphatic rings. The van der Waals surface area contributed by atoms with E-state index in [1.165, 1.54) is 11.6 Å². The first-order chi connectivity index (χ1) is 19.3. The molecule has 9 N–H and O–H groups in total. The average molecular weight is 614 g/mol. The molecule has 21 heteroatoms. The topological polar surface area (TPSA) is 282 Å². The van der Waals surface area contributed by atoms with E-state index < -0.39 is 51.5 Å². The number of nitrogens with one attached hydrogen (secondary N) is 3. The minimum Gasteiger partial charge on any atom is -0.478 e. The Morgan fingerprint density at radius 1 is 1.34 bits per heavy atom. The molecule has 1 saturated heterocycles. The quantitative estimate of drug-likeness (QED) is 0.0455. The minimum absolute atomic E-state index is 0.0606.